The van der Waals surface area contributed by atoms with Crippen LogP contribution in [0.5, 0.6) is 0 Å². The van der Waals surface area contributed by atoms with Crippen LogP contribution >= 0.6 is 22.9 Å². The summed E-state index contributed by atoms with van der Waals surface area (Å²) in [6.07, 6.45) is 4.40. The van der Waals surface area contributed by atoms with Crippen LogP contribution < -0.4 is 5.73 Å². The highest BCUT2D eigenvalue weighted by molar-refractivity contribution is 7.19. The van der Waals surface area contributed by atoms with Gasteiger partial charge in [-0.05, 0) is 18.5 Å². The number of nitrogens with two attached hydrogens (primary N) is 1. The summed E-state index contributed by atoms with van der Waals surface area (Å²) in [5.74, 6) is -2.51. The van der Waals surface area contributed by atoms with Crippen molar-refractivity contribution in [2.75, 3.05) is 25.4 Å². The highest BCUT2D eigenvalue weighted by Crippen LogP contribution is 2.32. The van der Waals surface area contributed by atoms with Crippen LogP contribution in [0.3, 0.4) is 0 Å². The van der Waals surface area contributed by atoms with E-state index in [2.05, 4.69) is 22.9 Å². The van der Waals surface area contributed by atoms with Crippen molar-refractivity contribution in [2.24, 2.45) is 0 Å². The summed E-state index contributed by atoms with van der Waals surface area (Å²) in [5.41, 5.74) is 7.72. The first-order chi connectivity index (χ1) is 10.8. The van der Waals surface area contributed by atoms with Gasteiger partial charge in [0.2, 0.25) is 0 Å². The summed E-state index contributed by atoms with van der Waals surface area (Å²) < 4.78 is 0.705. The molecule has 2 rings (SSSR count). The zero-order chi connectivity index (χ0) is 17.4. The fraction of sp³-hybridized carbons (Fsp3) is 0.357. The van der Waals surface area contributed by atoms with Crippen molar-refractivity contribution in [3.8, 4) is 0 Å². The Labute approximate surface area is 142 Å². The first-order valence-corrected chi connectivity index (χ1v) is 8.00. The summed E-state index contributed by atoms with van der Waals surface area (Å²) in [5, 5.41) is 16.2. The molecule has 0 aromatic carbocycles. The molecule has 4 N–H and O–H groups in total. The molecule has 0 saturated heterocycles. The van der Waals surface area contributed by atoms with E-state index in [4.69, 9.17) is 27.5 Å². The molecule has 126 valence electrons. The van der Waals surface area contributed by atoms with Crippen LogP contribution in [0.25, 0.3) is 5.57 Å². The van der Waals surface area contributed by atoms with Crippen LogP contribution in [0.2, 0.25) is 4.34 Å². The van der Waals surface area contributed by atoms with E-state index in [1.165, 1.54) is 16.9 Å². The molecule has 1 aliphatic rings. The normalized spacial score (nSPS) is 15.0. The summed E-state index contributed by atoms with van der Waals surface area (Å²) >= 11 is 7.43. The minimum Gasteiger partial charge on any atom is -0.478 e. The quantitative estimate of drug-likeness (QED) is 0.705. The molecule has 1 aliphatic heterocycles. The van der Waals surface area contributed by atoms with Crippen molar-refractivity contribution in [1.82, 2.24) is 9.88 Å². The van der Waals surface area contributed by atoms with Gasteiger partial charge < -0.3 is 15.9 Å². The third-order valence-corrected chi connectivity index (χ3v) is 4.04. The molecule has 2 heterocycles. The lowest BCUT2D eigenvalue weighted by atomic mass is 10.1. The van der Waals surface area contributed by atoms with Crippen LogP contribution in [0.4, 0.5) is 5.13 Å². The number of carboxylic acids is 2. The third-order valence-electron chi connectivity index (χ3n) is 2.95. The first-order valence-electron chi connectivity index (χ1n) is 6.81. The summed E-state index contributed by atoms with van der Waals surface area (Å²) in [6, 6.07) is 0. The maximum Gasteiger partial charge on any atom is 0.328 e. The number of carboxylic acid groups (broad SMARTS) is 2. The molecule has 0 radical (unpaired) electrons. The van der Waals surface area contributed by atoms with Gasteiger partial charge in [0, 0.05) is 25.2 Å². The standard InChI is InChI=1S/C10H14ClN3S.C4H4O4/c1-2-14-5-3-4-7(6-14)8-9(11)15-10(12)13-8;5-3(6)1-2-4(7)8/h4H,2-3,5-6H2,1H3,(H2,12,13);1-2H,(H,5,6)(H,7,8)/b;2-1+. The monoisotopic (exact) mass is 359 g/mol. The minimum atomic E-state index is -1.26. The molecule has 0 bridgehead atoms. The minimum absolute atomic E-state index is 0.546. The Kier molecular flexibility index (Phi) is 7.73. The fourth-order valence-electron chi connectivity index (χ4n) is 1.91. The number of hydrogen-bond acceptors (Lipinski definition) is 6. The lowest BCUT2D eigenvalue weighted by molar-refractivity contribution is -0.134. The van der Waals surface area contributed by atoms with E-state index in [0.717, 1.165) is 31.7 Å². The van der Waals surface area contributed by atoms with Crippen LogP contribution in [0.1, 0.15) is 19.0 Å². The molecular weight excluding hydrogens is 342 g/mol. The van der Waals surface area contributed by atoms with Crippen molar-refractivity contribution in [3.05, 3.63) is 28.3 Å². The molecule has 0 fully saturated rings. The van der Waals surface area contributed by atoms with E-state index in [1.54, 1.807) is 0 Å². The summed E-state index contributed by atoms with van der Waals surface area (Å²) in [6.45, 7) is 5.28. The number of halogens is 1. The number of rotatable bonds is 4. The second-order valence-corrected chi connectivity index (χ2v) is 6.20. The van der Waals surface area contributed by atoms with Crippen molar-refractivity contribution < 1.29 is 19.8 Å². The summed E-state index contributed by atoms with van der Waals surface area (Å²) in [4.78, 5) is 25.8. The Morgan fingerprint density at radius 3 is 2.48 bits per heavy atom. The number of likely N-dealkylation sites (N-methyl/N-ethyl adjacent to an activating group) is 1. The fourth-order valence-corrected chi connectivity index (χ4v) is 2.90. The van der Waals surface area contributed by atoms with E-state index >= 15 is 0 Å². The number of hydrogen-bond donors (Lipinski definition) is 3. The van der Waals surface area contributed by atoms with Crippen molar-refractivity contribution in [1.29, 1.82) is 0 Å². The van der Waals surface area contributed by atoms with Crippen molar-refractivity contribution in [3.63, 3.8) is 0 Å². The molecule has 0 saturated carbocycles. The lowest BCUT2D eigenvalue weighted by Gasteiger charge is -2.25. The maximum atomic E-state index is 9.55. The molecule has 7 nitrogen and oxygen atoms in total. The van der Waals surface area contributed by atoms with Gasteiger partial charge >= 0.3 is 11.9 Å². The predicted octanol–water partition coefficient (Wildman–Crippen LogP) is 2.20. The topological polar surface area (TPSA) is 117 Å². The molecule has 0 amide bonds. The van der Waals surface area contributed by atoms with Gasteiger partial charge in [-0.3, -0.25) is 4.90 Å². The average Bonchev–Trinajstić information content (AvgIpc) is 2.84. The van der Waals surface area contributed by atoms with E-state index in [0.29, 0.717) is 21.6 Å². The van der Waals surface area contributed by atoms with Crippen LogP contribution in [-0.2, 0) is 9.59 Å². The zero-order valence-corrected chi connectivity index (χ0v) is 14.1. The molecule has 1 aromatic rings. The molecule has 0 aliphatic carbocycles. The van der Waals surface area contributed by atoms with E-state index < -0.39 is 11.9 Å². The van der Waals surface area contributed by atoms with Gasteiger partial charge in [0.15, 0.2) is 5.13 Å². The Morgan fingerprint density at radius 2 is 2.04 bits per heavy atom. The second kappa shape index (κ2) is 9.29. The maximum absolute atomic E-state index is 9.55. The number of aromatic nitrogens is 1. The third kappa shape index (κ3) is 6.81. The van der Waals surface area contributed by atoms with Crippen molar-refractivity contribution >= 4 is 45.6 Å². The van der Waals surface area contributed by atoms with Gasteiger partial charge in [0.05, 0.1) is 5.69 Å². The SMILES string of the molecule is CCN1CCC=C(c2nc(N)sc2Cl)C1.O=C(O)/C=C/C(=O)O. The Hall–Kier alpha value is -1.90. The number of anilines is 1. The number of aliphatic carboxylic acids is 2. The summed E-state index contributed by atoms with van der Waals surface area (Å²) in [7, 11) is 0. The van der Waals surface area contributed by atoms with Gasteiger partial charge in [0.25, 0.3) is 0 Å². The average molecular weight is 360 g/mol. The number of nitrogens with zero attached hydrogens (tertiary/aromatic N) is 2. The Balaban J connectivity index is 0.000000284. The number of nitrogen functional groups attached to an aromatic ring is 1. The zero-order valence-electron chi connectivity index (χ0n) is 12.5. The van der Waals surface area contributed by atoms with Gasteiger partial charge in [-0.15, -0.1) is 0 Å². The molecule has 0 spiro atoms. The van der Waals surface area contributed by atoms with E-state index in [-0.39, 0.29) is 0 Å². The molecular formula is C14H18ClN3O4S. The lowest BCUT2D eigenvalue weighted by Crippen LogP contribution is -2.29. The molecule has 9 heteroatoms. The Morgan fingerprint density at radius 1 is 1.43 bits per heavy atom. The first kappa shape index (κ1) is 19.1. The van der Waals surface area contributed by atoms with Crippen LogP contribution in [0, 0.1) is 0 Å². The predicted molar refractivity (Wildman–Crippen MR) is 90.7 cm³/mol. The van der Waals surface area contributed by atoms with Gasteiger partial charge in [-0.1, -0.05) is 35.9 Å². The van der Waals surface area contributed by atoms with Crippen molar-refractivity contribution in [2.45, 2.75) is 13.3 Å². The second-order valence-electron chi connectivity index (χ2n) is 4.57. The number of carbonyl (C=O) groups is 2. The smallest absolute Gasteiger partial charge is 0.328 e. The molecule has 0 atom stereocenters. The molecule has 1 aromatic heterocycles. The van der Waals surface area contributed by atoms with E-state index in [1.807, 2.05) is 0 Å². The van der Waals surface area contributed by atoms with Gasteiger partial charge in [-0.25, -0.2) is 14.6 Å². The van der Waals surface area contributed by atoms with Gasteiger partial charge in [0.1, 0.15) is 4.34 Å². The van der Waals surface area contributed by atoms with Gasteiger partial charge in [-0.2, -0.15) is 0 Å². The van der Waals surface area contributed by atoms with Crippen LogP contribution in [0.15, 0.2) is 18.2 Å². The van der Waals surface area contributed by atoms with Crippen LogP contribution in [-0.4, -0.2) is 51.7 Å². The largest absolute Gasteiger partial charge is 0.478 e. The highest BCUT2D eigenvalue weighted by atomic mass is 35.5. The number of thiazole rings is 1. The molecule has 0 unspecified atom stereocenters. The molecule has 23 heavy (non-hydrogen) atoms. The Bertz CT molecular complexity index is 612. The highest BCUT2D eigenvalue weighted by Gasteiger charge is 2.17. The van der Waals surface area contributed by atoms with E-state index in [9.17, 15) is 9.59 Å².